The van der Waals surface area contributed by atoms with Crippen molar-refractivity contribution in [3.8, 4) is 0 Å². The monoisotopic (exact) mass is 1190 g/mol. The molecule has 0 spiro atoms. The topological polar surface area (TPSA) is 96.5 Å². The second-order valence-electron chi connectivity index (χ2n) is 21.5. The highest BCUT2D eigenvalue weighted by atomic mass is 16.1. The summed E-state index contributed by atoms with van der Waals surface area (Å²) >= 11 is 0. The van der Waals surface area contributed by atoms with E-state index in [0.29, 0.717) is 22.3 Å². The van der Waals surface area contributed by atoms with Crippen LogP contribution in [0.4, 0.5) is 68.2 Å². The minimum absolute atomic E-state index is 0.185. The number of nitrogens with zero attached hydrogens (tertiary/aromatic N) is 8. The van der Waals surface area contributed by atoms with Gasteiger partial charge in [-0.05, 0) is 168 Å². The standard InChI is InChI=1S/C82H60N8O2/c91-81-77(83-57-61-41-49-73(50-42-61)87(65-25-9-1-10-26-65)66-27-11-2-12-28-66)78(84-58-62-43-51-74(52-44-62)88(67-29-13-3-14-30-67)68-31-15-4-16-32-68)82(92)80(86-60-64-47-55-76(56-48-64)90(71-37-21-7-22-38-71)72-39-23-8-24-40-72)79(81)85-59-63-45-53-75(54-46-63)89(69-33-17-5-18-34-69)70-35-19-6-20-36-70/h1-60H. The first-order valence-electron chi connectivity index (χ1n) is 30.2. The van der Waals surface area contributed by atoms with Crippen molar-refractivity contribution >= 4 is 105 Å². The van der Waals surface area contributed by atoms with Gasteiger partial charge in [-0.15, -0.1) is 0 Å². The molecular formula is C82H60N8O2. The summed E-state index contributed by atoms with van der Waals surface area (Å²) in [5.74, 6) is -1.26. The fraction of sp³-hybridized carbons (Fsp3) is 0. The molecule has 92 heavy (non-hydrogen) atoms. The van der Waals surface area contributed by atoms with Gasteiger partial charge in [-0.3, -0.25) is 9.59 Å². The molecule has 0 saturated heterocycles. The largest absolute Gasteiger partial charge is 0.311 e. The van der Waals surface area contributed by atoms with Crippen molar-refractivity contribution in [1.29, 1.82) is 0 Å². The van der Waals surface area contributed by atoms with Crippen LogP contribution in [0.3, 0.4) is 0 Å². The van der Waals surface area contributed by atoms with Gasteiger partial charge in [-0.1, -0.05) is 194 Å². The molecule has 0 radical (unpaired) electrons. The Morgan fingerprint density at radius 1 is 0.174 bits per heavy atom. The molecule has 10 nitrogen and oxygen atoms in total. The second-order valence-corrected chi connectivity index (χ2v) is 21.5. The number of rotatable bonds is 20. The predicted molar refractivity (Wildman–Crippen MR) is 379 cm³/mol. The molecule has 13 rings (SSSR count). The average Bonchev–Trinajstić information content (AvgIpc) is 0.889. The van der Waals surface area contributed by atoms with Gasteiger partial charge in [-0.25, -0.2) is 20.0 Å². The lowest BCUT2D eigenvalue weighted by atomic mass is 9.99. The summed E-state index contributed by atoms with van der Waals surface area (Å²) < 4.78 is 0. The average molecular weight is 1190 g/mol. The van der Waals surface area contributed by atoms with Crippen molar-refractivity contribution < 1.29 is 9.59 Å². The normalized spacial score (nSPS) is 12.6. The fourth-order valence-corrected chi connectivity index (χ4v) is 10.9. The Bertz CT molecular complexity index is 3890. The van der Waals surface area contributed by atoms with E-state index in [1.54, 1.807) is 24.9 Å². The van der Waals surface area contributed by atoms with E-state index >= 15 is 9.59 Å². The van der Waals surface area contributed by atoms with Gasteiger partial charge in [0.1, 0.15) is 22.8 Å². The first-order chi connectivity index (χ1) is 45.5. The van der Waals surface area contributed by atoms with Crippen LogP contribution in [-0.2, 0) is 9.59 Å². The van der Waals surface area contributed by atoms with Gasteiger partial charge < -0.3 is 19.6 Å². The van der Waals surface area contributed by atoms with Crippen molar-refractivity contribution in [2.45, 2.75) is 0 Å². The molecule has 0 saturated carbocycles. The summed E-state index contributed by atoms with van der Waals surface area (Å²) in [6.45, 7) is 0. The van der Waals surface area contributed by atoms with Crippen LogP contribution in [0.15, 0.2) is 382 Å². The van der Waals surface area contributed by atoms with Crippen LogP contribution < -0.4 is 19.6 Å². The summed E-state index contributed by atoms with van der Waals surface area (Å²) in [6, 6.07) is 113. The number of anilines is 12. The molecule has 0 bridgehead atoms. The molecule has 440 valence electrons. The van der Waals surface area contributed by atoms with Crippen LogP contribution >= 0.6 is 0 Å². The number of benzene rings is 12. The summed E-state index contributed by atoms with van der Waals surface area (Å²) in [5, 5.41) is 0. The zero-order chi connectivity index (χ0) is 62.3. The first kappa shape index (κ1) is 58.4. The Morgan fingerprint density at radius 2 is 0.304 bits per heavy atom. The highest BCUT2D eigenvalue weighted by Gasteiger charge is 2.35. The quantitative estimate of drug-likeness (QED) is 0.0557. The van der Waals surface area contributed by atoms with E-state index in [9.17, 15) is 0 Å². The minimum Gasteiger partial charge on any atom is -0.311 e. The van der Waals surface area contributed by atoms with Crippen LogP contribution in [0.5, 0.6) is 0 Å². The Morgan fingerprint density at radius 3 is 0.446 bits per heavy atom. The van der Waals surface area contributed by atoms with Crippen molar-refractivity contribution in [2.75, 3.05) is 19.6 Å². The van der Waals surface area contributed by atoms with Gasteiger partial charge in [0, 0.05) is 93.1 Å². The number of hydrogen-bond acceptors (Lipinski definition) is 10. The number of hydrogen-bond donors (Lipinski definition) is 0. The zero-order valence-electron chi connectivity index (χ0n) is 50.0. The van der Waals surface area contributed by atoms with Gasteiger partial charge in [0.25, 0.3) is 0 Å². The van der Waals surface area contributed by atoms with E-state index in [4.69, 9.17) is 20.0 Å². The number of carbonyl (C=O) groups excluding carboxylic acids is 2. The van der Waals surface area contributed by atoms with Crippen LogP contribution in [0.1, 0.15) is 22.3 Å². The van der Waals surface area contributed by atoms with E-state index in [0.717, 1.165) is 68.2 Å². The maximum atomic E-state index is 15.6. The van der Waals surface area contributed by atoms with E-state index in [1.165, 1.54) is 0 Å². The SMILES string of the molecule is O=C1C(N=Cc2ccc(N(c3ccccc3)c3ccccc3)cc2)=C(N=Cc2ccc(N(c3ccccc3)c3ccccc3)cc2)C(=O)C(N=Cc2ccc(N(c3ccccc3)c3ccccc3)cc2)=C1N=Cc1ccc(N(c2ccccc2)c2ccccc2)cc1. The van der Waals surface area contributed by atoms with E-state index in [2.05, 4.69) is 117 Å². The third-order valence-corrected chi connectivity index (χ3v) is 15.4. The maximum Gasteiger partial charge on any atom is 0.234 e. The second kappa shape index (κ2) is 28.0. The predicted octanol–water partition coefficient (Wildman–Crippen LogP) is 19.9. The van der Waals surface area contributed by atoms with Crippen molar-refractivity contribution in [3.05, 3.63) is 385 Å². The van der Waals surface area contributed by atoms with E-state index < -0.39 is 11.6 Å². The molecule has 0 atom stereocenters. The Kier molecular flexibility index (Phi) is 17.8. The van der Waals surface area contributed by atoms with Crippen LogP contribution in [-0.4, -0.2) is 36.4 Å². The molecule has 0 fully saturated rings. The zero-order valence-corrected chi connectivity index (χ0v) is 50.0. The Balaban J connectivity index is 0.894. The molecule has 1 aliphatic carbocycles. The maximum absolute atomic E-state index is 15.6. The highest BCUT2D eigenvalue weighted by molar-refractivity contribution is 6.26. The van der Waals surface area contributed by atoms with Crippen molar-refractivity contribution in [2.24, 2.45) is 20.0 Å². The van der Waals surface area contributed by atoms with Crippen molar-refractivity contribution in [3.63, 3.8) is 0 Å². The van der Waals surface area contributed by atoms with E-state index in [-0.39, 0.29) is 22.8 Å². The Hall–Kier alpha value is -12.7. The van der Waals surface area contributed by atoms with Crippen LogP contribution in [0.25, 0.3) is 0 Å². The van der Waals surface area contributed by atoms with Crippen molar-refractivity contribution in [1.82, 2.24) is 0 Å². The lowest BCUT2D eigenvalue weighted by Gasteiger charge is -2.25. The minimum atomic E-state index is -0.628. The van der Waals surface area contributed by atoms with Gasteiger partial charge >= 0.3 is 0 Å². The molecule has 0 aromatic heterocycles. The van der Waals surface area contributed by atoms with Gasteiger partial charge in [-0.2, -0.15) is 0 Å². The van der Waals surface area contributed by atoms with Gasteiger partial charge in [0.05, 0.1) is 0 Å². The lowest BCUT2D eigenvalue weighted by molar-refractivity contribution is -0.116. The lowest BCUT2D eigenvalue weighted by Crippen LogP contribution is -2.22. The summed E-state index contributed by atoms with van der Waals surface area (Å²) in [4.78, 5) is 59.3. The molecule has 12 aromatic carbocycles. The Labute approximate surface area is 535 Å². The first-order valence-corrected chi connectivity index (χ1v) is 30.2. The number of Topliss-reactive ketones (excluding diaryl/α,β-unsaturated/α-hetero) is 2. The number of ketones is 2. The van der Waals surface area contributed by atoms with Crippen LogP contribution in [0, 0.1) is 0 Å². The summed E-state index contributed by atoms with van der Waals surface area (Å²) in [6.07, 6.45) is 6.34. The molecule has 0 unspecified atom stereocenters. The molecule has 12 aromatic rings. The fourth-order valence-electron chi connectivity index (χ4n) is 10.9. The molecule has 0 N–H and O–H groups in total. The third-order valence-electron chi connectivity index (χ3n) is 15.4. The summed E-state index contributed by atoms with van der Waals surface area (Å²) in [5.41, 5.74) is 13.6. The van der Waals surface area contributed by atoms with E-state index in [1.807, 2.05) is 243 Å². The number of para-hydroxylation sites is 8. The van der Waals surface area contributed by atoms with Crippen LogP contribution in [0.2, 0.25) is 0 Å². The third kappa shape index (κ3) is 13.4. The number of aliphatic imine (C=N–C) groups is 4. The molecule has 1 aliphatic rings. The molecule has 10 heteroatoms. The molecular weight excluding hydrogens is 1130 g/mol. The van der Waals surface area contributed by atoms with Gasteiger partial charge in [0.2, 0.25) is 11.6 Å². The smallest absolute Gasteiger partial charge is 0.234 e. The van der Waals surface area contributed by atoms with Gasteiger partial charge in [0.15, 0.2) is 0 Å². The molecule has 0 amide bonds. The highest BCUT2D eigenvalue weighted by Crippen LogP contribution is 2.39. The summed E-state index contributed by atoms with van der Waals surface area (Å²) in [7, 11) is 0. The number of carbonyl (C=O) groups is 2. The molecule has 0 aliphatic heterocycles. The molecule has 0 heterocycles.